The molecule has 0 bridgehead atoms. The highest BCUT2D eigenvalue weighted by Crippen LogP contribution is 2.17. The Labute approximate surface area is 122 Å². The molecule has 0 fully saturated rings. The van der Waals surface area contributed by atoms with E-state index in [0.29, 0.717) is 12.2 Å². The lowest BCUT2D eigenvalue weighted by Crippen LogP contribution is -2.18. The summed E-state index contributed by atoms with van der Waals surface area (Å²) in [6, 6.07) is 7.24. The third-order valence-electron chi connectivity index (χ3n) is 3.08. The van der Waals surface area contributed by atoms with Crippen LogP contribution in [0.2, 0.25) is 0 Å². The Morgan fingerprint density at radius 3 is 2.81 bits per heavy atom. The van der Waals surface area contributed by atoms with Gasteiger partial charge in [0.1, 0.15) is 17.6 Å². The minimum atomic E-state index is -0.517. The van der Waals surface area contributed by atoms with Gasteiger partial charge in [-0.15, -0.1) is 0 Å². The van der Waals surface area contributed by atoms with E-state index in [-0.39, 0.29) is 17.2 Å². The summed E-state index contributed by atoms with van der Waals surface area (Å²) < 4.78 is 14.7. The Bertz CT molecular complexity index is 715. The van der Waals surface area contributed by atoms with E-state index in [1.807, 2.05) is 19.9 Å². The van der Waals surface area contributed by atoms with Crippen LogP contribution in [0.3, 0.4) is 0 Å². The van der Waals surface area contributed by atoms with Crippen molar-refractivity contribution in [1.82, 2.24) is 9.78 Å². The lowest BCUT2D eigenvalue weighted by Gasteiger charge is -2.08. The molecular weight excluding hydrogens is 271 g/mol. The number of hydrogen-bond donors (Lipinski definition) is 1. The first kappa shape index (κ1) is 14.7. The van der Waals surface area contributed by atoms with Crippen molar-refractivity contribution >= 4 is 11.6 Å². The topological polar surface area (TPSA) is 70.7 Å². The zero-order valence-corrected chi connectivity index (χ0v) is 11.9. The van der Waals surface area contributed by atoms with Crippen molar-refractivity contribution in [2.75, 3.05) is 5.32 Å². The maximum absolute atomic E-state index is 13.1. The molecule has 1 N–H and O–H groups in total. The molecule has 0 radical (unpaired) electrons. The van der Waals surface area contributed by atoms with E-state index in [4.69, 9.17) is 5.26 Å². The number of anilines is 1. The van der Waals surface area contributed by atoms with Gasteiger partial charge in [-0.05, 0) is 37.6 Å². The van der Waals surface area contributed by atoms with Gasteiger partial charge in [0, 0.05) is 6.54 Å². The van der Waals surface area contributed by atoms with Crippen molar-refractivity contribution in [3.8, 4) is 6.07 Å². The highest BCUT2D eigenvalue weighted by Gasteiger charge is 2.15. The van der Waals surface area contributed by atoms with Gasteiger partial charge >= 0.3 is 0 Å². The standard InChI is InChI=1S/C15H15FN4O/c1-3-12-8-14(20(4-2)19-12)15(21)18-13-6-5-11(16)7-10(13)9-17/h5-8H,3-4H2,1-2H3,(H,18,21). The predicted molar refractivity (Wildman–Crippen MR) is 76.3 cm³/mol. The normalized spacial score (nSPS) is 10.2. The molecule has 1 heterocycles. The molecule has 2 rings (SSSR count). The fourth-order valence-electron chi connectivity index (χ4n) is 1.97. The zero-order chi connectivity index (χ0) is 15.4. The summed E-state index contributed by atoms with van der Waals surface area (Å²) in [5.41, 5.74) is 1.61. The molecule has 0 aliphatic rings. The molecule has 0 aliphatic carbocycles. The Kier molecular flexibility index (Phi) is 4.33. The van der Waals surface area contributed by atoms with E-state index in [1.165, 1.54) is 12.1 Å². The summed E-state index contributed by atoms with van der Waals surface area (Å²) in [6.45, 7) is 4.41. The first-order valence-electron chi connectivity index (χ1n) is 6.66. The Morgan fingerprint density at radius 2 is 2.19 bits per heavy atom. The fraction of sp³-hybridized carbons (Fsp3) is 0.267. The number of rotatable bonds is 4. The second kappa shape index (κ2) is 6.18. The molecule has 0 unspecified atom stereocenters. The number of nitriles is 1. The van der Waals surface area contributed by atoms with Crippen LogP contribution in [0.5, 0.6) is 0 Å². The van der Waals surface area contributed by atoms with E-state index in [9.17, 15) is 9.18 Å². The monoisotopic (exact) mass is 286 g/mol. The van der Waals surface area contributed by atoms with Gasteiger partial charge in [-0.3, -0.25) is 9.48 Å². The highest BCUT2D eigenvalue weighted by atomic mass is 19.1. The molecule has 2 aromatic rings. The molecule has 6 heteroatoms. The lowest BCUT2D eigenvalue weighted by atomic mass is 10.2. The van der Waals surface area contributed by atoms with E-state index in [1.54, 1.807) is 10.7 Å². The van der Waals surface area contributed by atoms with Gasteiger partial charge in [0.2, 0.25) is 0 Å². The molecule has 0 spiro atoms. The zero-order valence-electron chi connectivity index (χ0n) is 11.9. The number of halogens is 1. The third-order valence-corrected chi connectivity index (χ3v) is 3.08. The van der Waals surface area contributed by atoms with Crippen LogP contribution in [-0.2, 0) is 13.0 Å². The third kappa shape index (κ3) is 3.08. The number of aryl methyl sites for hydroxylation is 2. The van der Waals surface area contributed by atoms with Crippen LogP contribution in [0, 0.1) is 17.1 Å². The van der Waals surface area contributed by atoms with Crippen LogP contribution >= 0.6 is 0 Å². The molecule has 1 aromatic heterocycles. The first-order chi connectivity index (χ1) is 10.1. The van der Waals surface area contributed by atoms with Gasteiger partial charge in [0.05, 0.1) is 16.9 Å². The van der Waals surface area contributed by atoms with Crippen LogP contribution in [0.1, 0.15) is 35.6 Å². The lowest BCUT2D eigenvalue weighted by molar-refractivity contribution is 0.101. The summed E-state index contributed by atoms with van der Waals surface area (Å²) in [5, 5.41) is 15.9. The maximum Gasteiger partial charge on any atom is 0.273 e. The molecule has 1 amide bonds. The maximum atomic E-state index is 13.1. The van der Waals surface area contributed by atoms with Crippen LogP contribution in [0.25, 0.3) is 0 Å². The minimum Gasteiger partial charge on any atom is -0.319 e. The van der Waals surface area contributed by atoms with Crippen LogP contribution in [0.15, 0.2) is 24.3 Å². The van der Waals surface area contributed by atoms with E-state index in [0.717, 1.165) is 18.2 Å². The molecule has 5 nitrogen and oxygen atoms in total. The van der Waals surface area contributed by atoms with E-state index >= 15 is 0 Å². The van der Waals surface area contributed by atoms with Crippen LogP contribution in [0.4, 0.5) is 10.1 Å². The van der Waals surface area contributed by atoms with Crippen molar-refractivity contribution in [1.29, 1.82) is 5.26 Å². The largest absolute Gasteiger partial charge is 0.319 e. The number of carbonyl (C=O) groups is 1. The number of benzene rings is 1. The predicted octanol–water partition coefficient (Wildman–Crippen LogP) is 2.73. The number of aromatic nitrogens is 2. The number of carbonyl (C=O) groups excluding carboxylic acids is 1. The van der Waals surface area contributed by atoms with Gasteiger partial charge in [-0.1, -0.05) is 6.92 Å². The minimum absolute atomic E-state index is 0.0848. The van der Waals surface area contributed by atoms with E-state index < -0.39 is 5.82 Å². The molecule has 21 heavy (non-hydrogen) atoms. The molecule has 1 aromatic carbocycles. The molecule has 108 valence electrons. The number of hydrogen-bond acceptors (Lipinski definition) is 3. The molecule has 0 saturated carbocycles. The second-order valence-electron chi connectivity index (χ2n) is 4.45. The fourth-order valence-corrected chi connectivity index (χ4v) is 1.97. The average molecular weight is 286 g/mol. The average Bonchev–Trinajstić information content (AvgIpc) is 2.92. The summed E-state index contributed by atoms with van der Waals surface area (Å²) in [7, 11) is 0. The highest BCUT2D eigenvalue weighted by molar-refractivity contribution is 6.03. The summed E-state index contributed by atoms with van der Waals surface area (Å²) in [5.74, 6) is -0.886. The van der Waals surface area contributed by atoms with Gasteiger partial charge in [-0.25, -0.2) is 4.39 Å². The summed E-state index contributed by atoms with van der Waals surface area (Å²) >= 11 is 0. The van der Waals surface area contributed by atoms with Gasteiger partial charge < -0.3 is 5.32 Å². The summed E-state index contributed by atoms with van der Waals surface area (Å²) in [4.78, 5) is 12.3. The van der Waals surface area contributed by atoms with Gasteiger partial charge in [0.25, 0.3) is 5.91 Å². The number of amides is 1. The summed E-state index contributed by atoms with van der Waals surface area (Å²) in [6.07, 6.45) is 0.729. The smallest absolute Gasteiger partial charge is 0.273 e. The van der Waals surface area contributed by atoms with Crippen LogP contribution < -0.4 is 5.32 Å². The Morgan fingerprint density at radius 1 is 1.43 bits per heavy atom. The molecule has 0 saturated heterocycles. The van der Waals surface area contributed by atoms with Crippen molar-refractivity contribution in [2.24, 2.45) is 0 Å². The van der Waals surface area contributed by atoms with Crippen molar-refractivity contribution in [2.45, 2.75) is 26.8 Å². The first-order valence-corrected chi connectivity index (χ1v) is 6.66. The van der Waals surface area contributed by atoms with E-state index in [2.05, 4.69) is 10.4 Å². The SMILES string of the molecule is CCc1cc(C(=O)Nc2ccc(F)cc2C#N)n(CC)n1. The number of nitrogens with one attached hydrogen (secondary N) is 1. The van der Waals surface area contributed by atoms with Gasteiger partial charge in [0.15, 0.2) is 0 Å². The number of nitrogens with zero attached hydrogens (tertiary/aromatic N) is 3. The van der Waals surface area contributed by atoms with Crippen molar-refractivity contribution < 1.29 is 9.18 Å². The molecular formula is C15H15FN4O. The van der Waals surface area contributed by atoms with Gasteiger partial charge in [-0.2, -0.15) is 10.4 Å². The molecule has 0 atom stereocenters. The quantitative estimate of drug-likeness (QED) is 0.939. The van der Waals surface area contributed by atoms with Crippen molar-refractivity contribution in [3.63, 3.8) is 0 Å². The Hall–Kier alpha value is -2.68. The van der Waals surface area contributed by atoms with Crippen molar-refractivity contribution in [3.05, 3.63) is 47.0 Å². The Balaban J connectivity index is 2.30. The van der Waals surface area contributed by atoms with Crippen LogP contribution in [-0.4, -0.2) is 15.7 Å². The second-order valence-corrected chi connectivity index (χ2v) is 4.45. The molecule has 0 aliphatic heterocycles.